The second-order valence-electron chi connectivity index (χ2n) is 7.14. The molecule has 1 aromatic carbocycles. The summed E-state index contributed by atoms with van der Waals surface area (Å²) in [4.78, 5) is 26.1. The molecule has 1 saturated heterocycles. The van der Waals surface area contributed by atoms with Crippen LogP contribution in [0.2, 0.25) is 5.02 Å². The highest BCUT2D eigenvalue weighted by Gasteiger charge is 2.40. The second kappa shape index (κ2) is 7.71. The van der Waals surface area contributed by atoms with Crippen LogP contribution in [0.1, 0.15) is 40.1 Å². The van der Waals surface area contributed by atoms with Crippen molar-refractivity contribution in [2.75, 3.05) is 11.9 Å². The number of carbonyl (C=O) groups is 2. The molecule has 10 heteroatoms. The summed E-state index contributed by atoms with van der Waals surface area (Å²) in [6.45, 7) is 0.257. The molecule has 0 bridgehead atoms. The van der Waals surface area contributed by atoms with Gasteiger partial charge in [-0.15, -0.1) is 11.3 Å². The highest BCUT2D eigenvalue weighted by Crippen LogP contribution is 2.39. The molecular weight excluding hydrogens is 434 g/mol. The van der Waals surface area contributed by atoms with Crippen molar-refractivity contribution in [1.82, 2.24) is 4.31 Å². The van der Waals surface area contributed by atoms with Gasteiger partial charge in [-0.3, -0.25) is 9.59 Å². The normalized spacial score (nSPS) is 19.3. The Balaban J connectivity index is 1.59. The lowest BCUT2D eigenvalue weighted by atomic mass is 10.1. The van der Waals surface area contributed by atoms with Crippen LogP contribution in [0.25, 0.3) is 0 Å². The first-order valence-electron chi connectivity index (χ1n) is 9.31. The number of carbonyl (C=O) groups excluding carboxylic acids is 2. The van der Waals surface area contributed by atoms with Gasteiger partial charge in [0.1, 0.15) is 11.0 Å². The zero-order chi connectivity index (χ0) is 20.8. The van der Waals surface area contributed by atoms with Crippen molar-refractivity contribution in [3.05, 3.63) is 45.3 Å². The standard InChI is InChI=1S/C19H20ClN3O4S2/c20-11-6-8-12(9-7-11)29(26,27)23-10-2-4-14(23)18(25)22-19-16(17(21)24)13-3-1-5-15(13)28-19/h6-9,14H,1-5,10H2,(H2,21,24)(H,22,25). The molecule has 1 aliphatic carbocycles. The summed E-state index contributed by atoms with van der Waals surface area (Å²) in [7, 11) is -3.84. The summed E-state index contributed by atoms with van der Waals surface area (Å²) in [6, 6.07) is 5.03. The van der Waals surface area contributed by atoms with E-state index in [9.17, 15) is 18.0 Å². The molecule has 2 amide bonds. The Morgan fingerprint density at radius 1 is 1.17 bits per heavy atom. The Morgan fingerprint density at radius 2 is 1.90 bits per heavy atom. The largest absolute Gasteiger partial charge is 0.365 e. The summed E-state index contributed by atoms with van der Waals surface area (Å²) in [5.41, 5.74) is 6.82. The van der Waals surface area contributed by atoms with E-state index in [1.165, 1.54) is 39.9 Å². The summed E-state index contributed by atoms with van der Waals surface area (Å²) in [5.74, 6) is -1.01. The van der Waals surface area contributed by atoms with Crippen molar-refractivity contribution in [3.8, 4) is 0 Å². The van der Waals surface area contributed by atoms with Crippen molar-refractivity contribution >= 4 is 49.8 Å². The number of nitrogens with two attached hydrogens (primary N) is 1. The third kappa shape index (κ3) is 3.68. The molecule has 2 aliphatic rings. The molecule has 2 aromatic rings. The van der Waals surface area contributed by atoms with Gasteiger partial charge < -0.3 is 11.1 Å². The smallest absolute Gasteiger partial charge is 0.251 e. The summed E-state index contributed by atoms with van der Waals surface area (Å²) in [6.07, 6.45) is 3.58. The van der Waals surface area contributed by atoms with E-state index in [1.807, 2.05) is 0 Å². The first kappa shape index (κ1) is 20.3. The van der Waals surface area contributed by atoms with Crippen LogP contribution in [-0.4, -0.2) is 37.1 Å². The van der Waals surface area contributed by atoms with Gasteiger partial charge in [-0.05, 0) is 61.9 Å². The second-order valence-corrected chi connectivity index (χ2v) is 10.6. The quantitative estimate of drug-likeness (QED) is 0.725. The number of aryl methyl sites for hydroxylation is 1. The van der Waals surface area contributed by atoms with E-state index in [-0.39, 0.29) is 11.4 Å². The monoisotopic (exact) mass is 453 g/mol. The Bertz CT molecular complexity index is 1080. The number of fused-ring (bicyclic) bond motifs is 1. The first-order chi connectivity index (χ1) is 13.8. The van der Waals surface area contributed by atoms with E-state index < -0.39 is 27.9 Å². The fourth-order valence-electron chi connectivity index (χ4n) is 3.98. The highest BCUT2D eigenvalue weighted by molar-refractivity contribution is 7.89. The Hall–Kier alpha value is -1.94. The van der Waals surface area contributed by atoms with Crippen molar-refractivity contribution in [1.29, 1.82) is 0 Å². The molecule has 0 radical (unpaired) electrons. The molecular formula is C19H20ClN3O4S2. The number of nitrogens with one attached hydrogen (secondary N) is 1. The number of anilines is 1. The summed E-state index contributed by atoms with van der Waals surface area (Å²) < 4.78 is 27.3. The number of thiophene rings is 1. The van der Waals surface area contributed by atoms with Crippen LogP contribution in [0.5, 0.6) is 0 Å². The van der Waals surface area contributed by atoms with Gasteiger partial charge in [0.05, 0.1) is 10.5 Å². The fourth-order valence-corrected chi connectivity index (χ4v) is 7.06. The van der Waals surface area contributed by atoms with Crippen LogP contribution in [0.15, 0.2) is 29.2 Å². The number of primary amides is 1. The molecule has 4 rings (SSSR count). The van der Waals surface area contributed by atoms with E-state index >= 15 is 0 Å². The third-order valence-electron chi connectivity index (χ3n) is 5.33. The summed E-state index contributed by atoms with van der Waals surface area (Å²) >= 11 is 7.21. The highest BCUT2D eigenvalue weighted by atomic mass is 35.5. The van der Waals surface area contributed by atoms with Crippen LogP contribution in [-0.2, 0) is 27.7 Å². The van der Waals surface area contributed by atoms with Crippen LogP contribution < -0.4 is 11.1 Å². The topological polar surface area (TPSA) is 110 Å². The number of rotatable bonds is 5. The molecule has 1 aliphatic heterocycles. The van der Waals surface area contributed by atoms with Crippen molar-refractivity contribution < 1.29 is 18.0 Å². The molecule has 1 unspecified atom stereocenters. The predicted octanol–water partition coefficient (Wildman–Crippen LogP) is 2.78. The number of nitrogens with zero attached hydrogens (tertiary/aromatic N) is 1. The Morgan fingerprint density at radius 3 is 2.59 bits per heavy atom. The summed E-state index contributed by atoms with van der Waals surface area (Å²) in [5, 5.41) is 3.63. The molecule has 1 atom stereocenters. The van der Waals surface area contributed by atoms with E-state index in [2.05, 4.69) is 5.32 Å². The van der Waals surface area contributed by atoms with Crippen LogP contribution in [0, 0.1) is 0 Å². The average Bonchev–Trinajstić information content (AvgIpc) is 3.37. The molecule has 0 saturated carbocycles. The maximum atomic E-state index is 13.0. The fraction of sp³-hybridized carbons (Fsp3) is 0.368. The van der Waals surface area contributed by atoms with Crippen molar-refractivity contribution in [2.24, 2.45) is 5.73 Å². The lowest BCUT2D eigenvalue weighted by molar-refractivity contribution is -0.119. The molecule has 1 aromatic heterocycles. The minimum Gasteiger partial charge on any atom is -0.365 e. The van der Waals surface area contributed by atoms with Crippen LogP contribution >= 0.6 is 22.9 Å². The van der Waals surface area contributed by atoms with Crippen LogP contribution in [0.4, 0.5) is 5.00 Å². The number of hydrogen-bond acceptors (Lipinski definition) is 5. The first-order valence-corrected chi connectivity index (χ1v) is 11.9. The van der Waals surface area contributed by atoms with Gasteiger partial charge in [0.15, 0.2) is 0 Å². The molecule has 2 heterocycles. The number of sulfonamides is 1. The molecule has 3 N–H and O–H groups in total. The minimum absolute atomic E-state index is 0.0922. The Kier molecular flexibility index (Phi) is 5.41. The molecule has 154 valence electrons. The predicted molar refractivity (Wildman–Crippen MR) is 112 cm³/mol. The average molecular weight is 454 g/mol. The minimum atomic E-state index is -3.84. The number of amides is 2. The van der Waals surface area contributed by atoms with E-state index in [4.69, 9.17) is 17.3 Å². The number of hydrogen-bond donors (Lipinski definition) is 2. The van der Waals surface area contributed by atoms with Gasteiger partial charge >= 0.3 is 0 Å². The lowest BCUT2D eigenvalue weighted by Gasteiger charge is -2.23. The number of benzene rings is 1. The maximum absolute atomic E-state index is 13.0. The van der Waals surface area contributed by atoms with Crippen molar-refractivity contribution in [2.45, 2.75) is 43.0 Å². The number of halogens is 1. The molecule has 1 fully saturated rings. The molecule has 0 spiro atoms. The van der Waals surface area contributed by atoms with E-state index in [0.717, 1.165) is 29.7 Å². The van der Waals surface area contributed by atoms with Gasteiger partial charge in [0.25, 0.3) is 5.91 Å². The van der Waals surface area contributed by atoms with Gasteiger partial charge in [-0.2, -0.15) is 4.31 Å². The Labute approximate surface area is 177 Å². The van der Waals surface area contributed by atoms with Gasteiger partial charge in [-0.25, -0.2) is 8.42 Å². The maximum Gasteiger partial charge on any atom is 0.251 e. The zero-order valence-electron chi connectivity index (χ0n) is 15.5. The van der Waals surface area contributed by atoms with Gasteiger partial charge in [0, 0.05) is 16.4 Å². The van der Waals surface area contributed by atoms with E-state index in [1.54, 1.807) is 0 Å². The molecule has 7 nitrogen and oxygen atoms in total. The van der Waals surface area contributed by atoms with Gasteiger partial charge in [-0.1, -0.05) is 11.6 Å². The zero-order valence-corrected chi connectivity index (χ0v) is 17.9. The van der Waals surface area contributed by atoms with E-state index in [0.29, 0.717) is 28.4 Å². The van der Waals surface area contributed by atoms with Crippen LogP contribution in [0.3, 0.4) is 0 Å². The lowest BCUT2D eigenvalue weighted by Crippen LogP contribution is -2.43. The van der Waals surface area contributed by atoms with Crippen molar-refractivity contribution in [3.63, 3.8) is 0 Å². The SMILES string of the molecule is NC(=O)c1c(NC(=O)C2CCCN2S(=O)(=O)c2ccc(Cl)cc2)sc2c1CCC2. The third-order valence-corrected chi connectivity index (χ3v) is 8.71. The molecule has 29 heavy (non-hydrogen) atoms. The van der Waals surface area contributed by atoms with Gasteiger partial charge in [0.2, 0.25) is 15.9 Å².